The predicted octanol–water partition coefficient (Wildman–Crippen LogP) is 4.97. The number of carbonyl (C=O) groups is 1. The van der Waals surface area contributed by atoms with Gasteiger partial charge < -0.3 is 9.84 Å². The van der Waals surface area contributed by atoms with Crippen molar-refractivity contribution in [1.29, 1.82) is 0 Å². The van der Waals surface area contributed by atoms with Crippen LogP contribution in [0.4, 0.5) is 4.79 Å². The average molecular weight is 401 g/mol. The van der Waals surface area contributed by atoms with Crippen LogP contribution < -0.4 is 5.43 Å². The van der Waals surface area contributed by atoms with E-state index in [-0.39, 0.29) is 16.9 Å². The maximum atomic E-state index is 11.6. The summed E-state index contributed by atoms with van der Waals surface area (Å²) in [6.07, 6.45) is 11.8. The summed E-state index contributed by atoms with van der Waals surface area (Å²) in [5.74, 6) is 2.04. The second kappa shape index (κ2) is 7.57. The highest BCUT2D eigenvalue weighted by Gasteiger charge is 2.56. The Kier molecular flexibility index (Phi) is 5.39. The van der Waals surface area contributed by atoms with Crippen molar-refractivity contribution in [3.05, 3.63) is 23.3 Å². The van der Waals surface area contributed by atoms with Crippen LogP contribution in [-0.2, 0) is 4.74 Å². The minimum absolute atomic E-state index is 0.126. The predicted molar refractivity (Wildman–Crippen MR) is 114 cm³/mol. The fourth-order valence-corrected chi connectivity index (χ4v) is 7.12. The molecular formula is C24H36N2O3. The van der Waals surface area contributed by atoms with E-state index in [2.05, 4.69) is 36.5 Å². The molecule has 5 heteroatoms. The van der Waals surface area contributed by atoms with Gasteiger partial charge in [-0.3, -0.25) is 0 Å². The minimum Gasteiger partial charge on any atom is -0.449 e. The lowest BCUT2D eigenvalue weighted by Crippen LogP contribution is -2.50. The van der Waals surface area contributed by atoms with Gasteiger partial charge >= 0.3 is 6.09 Å². The molecule has 0 bridgehead atoms. The number of aliphatic hydroxyl groups is 1. The van der Waals surface area contributed by atoms with Crippen molar-refractivity contribution in [3.63, 3.8) is 0 Å². The van der Waals surface area contributed by atoms with E-state index in [1.54, 1.807) is 6.92 Å². The number of ether oxygens (including phenoxy) is 1. The van der Waals surface area contributed by atoms with Crippen molar-refractivity contribution < 1.29 is 14.6 Å². The van der Waals surface area contributed by atoms with E-state index in [9.17, 15) is 9.90 Å². The molecule has 0 heterocycles. The highest BCUT2D eigenvalue weighted by molar-refractivity contribution is 6.00. The summed E-state index contributed by atoms with van der Waals surface area (Å²) in [6.45, 7) is 9.00. The topological polar surface area (TPSA) is 70.9 Å². The summed E-state index contributed by atoms with van der Waals surface area (Å²) < 4.78 is 4.93. The van der Waals surface area contributed by atoms with Gasteiger partial charge in [-0.25, -0.2) is 10.2 Å². The number of hydrogen-bond donors (Lipinski definition) is 2. The Labute approximate surface area is 174 Å². The third-order valence-electron chi connectivity index (χ3n) is 8.64. The van der Waals surface area contributed by atoms with Gasteiger partial charge in [-0.1, -0.05) is 31.6 Å². The first-order valence-corrected chi connectivity index (χ1v) is 11.3. The summed E-state index contributed by atoms with van der Waals surface area (Å²) >= 11 is 0. The average Bonchev–Trinajstić information content (AvgIpc) is 3.04. The Bertz CT molecular complexity index is 770. The number of hydrazone groups is 1. The van der Waals surface area contributed by atoms with Crippen LogP contribution >= 0.6 is 0 Å². The third kappa shape index (κ3) is 3.35. The zero-order valence-corrected chi connectivity index (χ0v) is 18.3. The SMILES string of the molecule is CCOC(=O)N/N=C(\C)C1=CC[C@H]2[C@H]3CC=C4C[C@@H](O)CC[C@]4(C)[C@@H]3CC[C@]12C. The van der Waals surface area contributed by atoms with E-state index in [0.29, 0.717) is 18.4 Å². The Balaban J connectivity index is 1.54. The Hall–Kier alpha value is -1.62. The van der Waals surface area contributed by atoms with Crippen molar-refractivity contribution in [3.8, 4) is 0 Å². The van der Waals surface area contributed by atoms with Crippen molar-refractivity contribution in [2.45, 2.75) is 78.7 Å². The monoisotopic (exact) mass is 400 g/mol. The van der Waals surface area contributed by atoms with Gasteiger partial charge in [-0.2, -0.15) is 5.10 Å². The van der Waals surface area contributed by atoms with E-state index in [1.807, 2.05) is 6.92 Å². The standard InChI is InChI=1S/C24H36N2O3/c1-5-29-22(28)26-25-15(2)19-8-9-20-18-7-6-16-14-17(27)10-12-23(16,3)21(18)11-13-24(19,20)4/h6,8,17-18,20-21,27H,5,7,9-14H2,1-4H3,(H,26,28)/b25-15+/t17-,18+,20-,21+,23-,24+/m0/s1. The lowest BCUT2D eigenvalue weighted by molar-refractivity contribution is -0.0279. The van der Waals surface area contributed by atoms with Crippen LogP contribution in [0.1, 0.15) is 72.6 Å². The van der Waals surface area contributed by atoms with Gasteiger partial charge in [0.25, 0.3) is 0 Å². The molecule has 29 heavy (non-hydrogen) atoms. The molecule has 0 saturated heterocycles. The number of amides is 1. The van der Waals surface area contributed by atoms with E-state index in [1.165, 1.54) is 24.0 Å². The Morgan fingerprint density at radius 1 is 1.21 bits per heavy atom. The van der Waals surface area contributed by atoms with Crippen LogP contribution in [0.15, 0.2) is 28.4 Å². The maximum absolute atomic E-state index is 11.6. The molecule has 4 rings (SSSR count). The Morgan fingerprint density at radius 2 is 1.97 bits per heavy atom. The third-order valence-corrected chi connectivity index (χ3v) is 8.64. The van der Waals surface area contributed by atoms with Gasteiger partial charge in [0.15, 0.2) is 0 Å². The van der Waals surface area contributed by atoms with Gasteiger partial charge in [0.1, 0.15) is 0 Å². The first-order valence-electron chi connectivity index (χ1n) is 11.3. The second-order valence-corrected chi connectivity index (χ2v) is 10.00. The first kappa shape index (κ1) is 20.6. The molecule has 4 aliphatic rings. The fourth-order valence-electron chi connectivity index (χ4n) is 7.12. The zero-order valence-electron chi connectivity index (χ0n) is 18.3. The van der Waals surface area contributed by atoms with Crippen LogP contribution in [-0.4, -0.2) is 29.6 Å². The molecule has 160 valence electrons. The van der Waals surface area contributed by atoms with E-state index < -0.39 is 6.09 Å². The number of rotatable bonds is 3. The molecule has 2 fully saturated rings. The second-order valence-electron chi connectivity index (χ2n) is 10.00. The molecule has 5 nitrogen and oxygen atoms in total. The van der Waals surface area contributed by atoms with Crippen LogP contribution in [0.25, 0.3) is 0 Å². The zero-order chi connectivity index (χ0) is 20.8. The number of allylic oxidation sites excluding steroid dienone is 3. The number of fused-ring (bicyclic) bond motifs is 5. The van der Waals surface area contributed by atoms with Crippen LogP contribution in [0.3, 0.4) is 0 Å². The van der Waals surface area contributed by atoms with Gasteiger partial charge in [0, 0.05) is 0 Å². The highest BCUT2D eigenvalue weighted by atomic mass is 16.5. The highest BCUT2D eigenvalue weighted by Crippen LogP contribution is 2.65. The molecule has 0 aromatic carbocycles. The number of nitrogens with one attached hydrogen (secondary N) is 1. The largest absolute Gasteiger partial charge is 0.449 e. The minimum atomic E-state index is -0.492. The molecule has 0 aromatic heterocycles. The quantitative estimate of drug-likeness (QED) is 0.399. The van der Waals surface area contributed by atoms with E-state index in [0.717, 1.165) is 43.7 Å². The number of carbonyl (C=O) groups excluding carboxylic acids is 1. The summed E-state index contributed by atoms with van der Waals surface area (Å²) in [4.78, 5) is 11.6. The summed E-state index contributed by atoms with van der Waals surface area (Å²) in [5, 5.41) is 14.5. The molecule has 0 aromatic rings. The molecule has 0 unspecified atom stereocenters. The molecule has 0 spiro atoms. The van der Waals surface area contributed by atoms with Gasteiger partial charge in [-0.05, 0) is 93.0 Å². The summed E-state index contributed by atoms with van der Waals surface area (Å²) in [6, 6.07) is 0. The molecule has 6 atom stereocenters. The molecule has 0 aliphatic heterocycles. The number of nitrogens with zero attached hydrogens (tertiary/aromatic N) is 1. The summed E-state index contributed by atoms with van der Waals surface area (Å²) in [5.41, 5.74) is 6.64. The number of hydrogen-bond acceptors (Lipinski definition) is 4. The molecular weight excluding hydrogens is 364 g/mol. The van der Waals surface area contributed by atoms with Crippen LogP contribution in [0, 0.1) is 28.6 Å². The van der Waals surface area contributed by atoms with Crippen molar-refractivity contribution in [1.82, 2.24) is 5.43 Å². The Morgan fingerprint density at radius 3 is 2.72 bits per heavy atom. The van der Waals surface area contributed by atoms with Gasteiger partial charge in [0.2, 0.25) is 0 Å². The molecule has 0 radical (unpaired) electrons. The van der Waals surface area contributed by atoms with Gasteiger partial charge in [0.05, 0.1) is 18.4 Å². The van der Waals surface area contributed by atoms with Crippen molar-refractivity contribution in [2.75, 3.05) is 6.61 Å². The van der Waals surface area contributed by atoms with Crippen LogP contribution in [0.2, 0.25) is 0 Å². The first-order chi connectivity index (χ1) is 13.8. The lowest BCUT2D eigenvalue weighted by atomic mass is 9.47. The van der Waals surface area contributed by atoms with Crippen molar-refractivity contribution >= 4 is 11.8 Å². The summed E-state index contributed by atoms with van der Waals surface area (Å²) in [7, 11) is 0. The smallest absolute Gasteiger partial charge is 0.427 e. The normalized spacial score (nSPS) is 41.5. The fraction of sp³-hybridized carbons (Fsp3) is 0.750. The molecule has 2 N–H and O–H groups in total. The van der Waals surface area contributed by atoms with Gasteiger partial charge in [-0.15, -0.1) is 0 Å². The maximum Gasteiger partial charge on any atom is 0.427 e. The van der Waals surface area contributed by atoms with Crippen molar-refractivity contribution in [2.24, 2.45) is 33.7 Å². The van der Waals surface area contributed by atoms with E-state index in [4.69, 9.17) is 4.74 Å². The number of aliphatic hydroxyl groups excluding tert-OH is 1. The van der Waals surface area contributed by atoms with Crippen LogP contribution in [0.5, 0.6) is 0 Å². The lowest BCUT2D eigenvalue weighted by Gasteiger charge is -2.57. The molecule has 2 saturated carbocycles. The molecule has 1 amide bonds. The van der Waals surface area contributed by atoms with E-state index >= 15 is 0 Å². The molecule has 4 aliphatic carbocycles.